The minimum atomic E-state index is 0.428. The largest absolute Gasteiger partial charge is 0.314 e. The predicted octanol–water partition coefficient (Wildman–Crippen LogP) is 3.52. The molecule has 1 rings (SSSR count). The van der Waals surface area contributed by atoms with Crippen molar-refractivity contribution in [3.63, 3.8) is 0 Å². The van der Waals surface area contributed by atoms with E-state index in [1.807, 2.05) is 0 Å². The van der Waals surface area contributed by atoms with Gasteiger partial charge in [-0.15, -0.1) is 0 Å². The van der Waals surface area contributed by atoms with Crippen molar-refractivity contribution in [1.82, 2.24) is 10.2 Å². The number of hydrogen-bond donors (Lipinski definition) is 1. The fourth-order valence-electron chi connectivity index (χ4n) is 3.37. The Balaban J connectivity index is 2.55. The molecule has 2 heteroatoms. The molecule has 2 nitrogen and oxygen atoms in total. The van der Waals surface area contributed by atoms with Gasteiger partial charge in [-0.2, -0.15) is 0 Å². The molecule has 0 radical (unpaired) electrons. The molecule has 0 amide bonds. The van der Waals surface area contributed by atoms with E-state index >= 15 is 0 Å². The lowest BCUT2D eigenvalue weighted by Crippen LogP contribution is -2.45. The Hall–Kier alpha value is -0.0800. The molecule has 0 aromatic rings. The molecule has 0 aromatic carbocycles. The summed E-state index contributed by atoms with van der Waals surface area (Å²) in [6.45, 7) is 17.7. The predicted molar refractivity (Wildman–Crippen MR) is 81.0 cm³/mol. The quantitative estimate of drug-likeness (QED) is 0.748. The molecule has 108 valence electrons. The molecule has 0 saturated carbocycles. The van der Waals surface area contributed by atoms with Crippen LogP contribution in [0.1, 0.15) is 60.8 Å². The van der Waals surface area contributed by atoms with E-state index in [1.165, 1.54) is 32.4 Å². The Morgan fingerprint density at radius 2 is 2.00 bits per heavy atom. The highest BCUT2D eigenvalue weighted by molar-refractivity contribution is 4.87. The van der Waals surface area contributed by atoms with Gasteiger partial charge in [-0.1, -0.05) is 41.0 Å². The van der Waals surface area contributed by atoms with Crippen LogP contribution in [0.4, 0.5) is 0 Å². The second-order valence-corrected chi connectivity index (χ2v) is 7.22. The molecule has 1 heterocycles. The molecule has 1 aliphatic heterocycles. The molecule has 3 unspecified atom stereocenters. The summed E-state index contributed by atoms with van der Waals surface area (Å²) in [5.41, 5.74) is 0.428. The zero-order valence-corrected chi connectivity index (χ0v) is 13.4. The molecule has 18 heavy (non-hydrogen) atoms. The first-order chi connectivity index (χ1) is 8.36. The summed E-state index contributed by atoms with van der Waals surface area (Å²) >= 11 is 0. The number of hydrogen-bond acceptors (Lipinski definition) is 2. The summed E-state index contributed by atoms with van der Waals surface area (Å²) in [4.78, 5) is 2.71. The highest BCUT2D eigenvalue weighted by Gasteiger charge is 2.32. The maximum Gasteiger partial charge on any atom is 0.00702 e. The summed E-state index contributed by atoms with van der Waals surface area (Å²) in [7, 11) is 0. The van der Waals surface area contributed by atoms with Crippen LogP contribution in [0.3, 0.4) is 0 Å². The Morgan fingerprint density at radius 1 is 1.33 bits per heavy atom. The van der Waals surface area contributed by atoms with Crippen LogP contribution in [0, 0.1) is 11.3 Å². The van der Waals surface area contributed by atoms with Gasteiger partial charge in [-0.3, -0.25) is 4.90 Å². The van der Waals surface area contributed by atoms with Crippen molar-refractivity contribution in [2.24, 2.45) is 11.3 Å². The summed E-state index contributed by atoms with van der Waals surface area (Å²) in [6.07, 6.45) is 3.98. The van der Waals surface area contributed by atoms with E-state index in [9.17, 15) is 0 Å². The van der Waals surface area contributed by atoms with Gasteiger partial charge >= 0.3 is 0 Å². The number of likely N-dealkylation sites (tertiary alicyclic amines) is 1. The van der Waals surface area contributed by atoms with Crippen molar-refractivity contribution >= 4 is 0 Å². The summed E-state index contributed by atoms with van der Waals surface area (Å²) < 4.78 is 0. The third-order valence-corrected chi connectivity index (χ3v) is 4.29. The van der Waals surface area contributed by atoms with Crippen molar-refractivity contribution < 1.29 is 0 Å². The molecule has 1 saturated heterocycles. The summed E-state index contributed by atoms with van der Waals surface area (Å²) in [5.74, 6) is 0.879. The molecule has 3 atom stereocenters. The minimum absolute atomic E-state index is 0.428. The maximum absolute atomic E-state index is 3.64. The van der Waals surface area contributed by atoms with E-state index in [1.54, 1.807) is 0 Å². The van der Waals surface area contributed by atoms with Crippen LogP contribution in [0.2, 0.25) is 0 Å². The SMILES string of the molecule is CCCC(C)(CNC(C)C)CN1CC(C)CC1C. The number of nitrogens with zero attached hydrogens (tertiary/aromatic N) is 1. The monoisotopic (exact) mass is 254 g/mol. The average Bonchev–Trinajstić information content (AvgIpc) is 2.55. The molecular weight excluding hydrogens is 220 g/mol. The lowest BCUT2D eigenvalue weighted by atomic mass is 9.84. The average molecular weight is 254 g/mol. The van der Waals surface area contributed by atoms with Crippen LogP contribution in [0.15, 0.2) is 0 Å². The van der Waals surface area contributed by atoms with Crippen molar-refractivity contribution in [3.8, 4) is 0 Å². The van der Waals surface area contributed by atoms with Crippen molar-refractivity contribution in [1.29, 1.82) is 0 Å². The first-order valence-electron chi connectivity index (χ1n) is 7.83. The third-order valence-electron chi connectivity index (χ3n) is 4.29. The maximum atomic E-state index is 3.64. The van der Waals surface area contributed by atoms with Gasteiger partial charge in [0.25, 0.3) is 0 Å². The summed E-state index contributed by atoms with van der Waals surface area (Å²) in [6, 6.07) is 1.37. The van der Waals surface area contributed by atoms with Gasteiger partial charge < -0.3 is 5.32 Å². The first kappa shape index (κ1) is 16.0. The topological polar surface area (TPSA) is 15.3 Å². The second kappa shape index (κ2) is 6.91. The lowest BCUT2D eigenvalue weighted by Gasteiger charge is -2.36. The van der Waals surface area contributed by atoms with Crippen LogP contribution in [0.25, 0.3) is 0 Å². The van der Waals surface area contributed by atoms with Crippen LogP contribution < -0.4 is 5.32 Å². The highest BCUT2D eigenvalue weighted by Crippen LogP contribution is 2.30. The van der Waals surface area contributed by atoms with Gasteiger partial charge in [-0.25, -0.2) is 0 Å². The van der Waals surface area contributed by atoms with Gasteiger partial charge in [-0.05, 0) is 31.1 Å². The first-order valence-corrected chi connectivity index (χ1v) is 7.83. The normalized spacial score (nSPS) is 28.8. The molecule has 0 spiro atoms. The molecular formula is C16H34N2. The van der Waals surface area contributed by atoms with E-state index < -0.39 is 0 Å². The molecule has 1 fully saturated rings. The van der Waals surface area contributed by atoms with E-state index in [2.05, 4.69) is 51.8 Å². The van der Waals surface area contributed by atoms with Crippen molar-refractivity contribution in [2.75, 3.05) is 19.6 Å². The van der Waals surface area contributed by atoms with Crippen molar-refractivity contribution in [3.05, 3.63) is 0 Å². The van der Waals surface area contributed by atoms with Crippen LogP contribution in [-0.4, -0.2) is 36.6 Å². The van der Waals surface area contributed by atoms with Gasteiger partial charge in [0.05, 0.1) is 0 Å². The Bertz CT molecular complexity index is 239. The fourth-order valence-corrected chi connectivity index (χ4v) is 3.37. The van der Waals surface area contributed by atoms with Gasteiger partial charge in [0.1, 0.15) is 0 Å². The lowest BCUT2D eigenvalue weighted by molar-refractivity contribution is 0.140. The van der Waals surface area contributed by atoms with Crippen LogP contribution in [-0.2, 0) is 0 Å². The molecule has 1 aliphatic rings. The standard InChI is InChI=1S/C16H34N2/c1-7-8-16(6,11-17-13(2)3)12-18-10-14(4)9-15(18)5/h13-15,17H,7-12H2,1-6H3. The van der Waals surface area contributed by atoms with Crippen LogP contribution >= 0.6 is 0 Å². The third kappa shape index (κ3) is 4.89. The number of rotatable bonds is 7. The van der Waals surface area contributed by atoms with E-state index in [-0.39, 0.29) is 0 Å². The molecule has 0 aliphatic carbocycles. The Labute approximate surface area is 115 Å². The van der Waals surface area contributed by atoms with Crippen LogP contribution in [0.5, 0.6) is 0 Å². The van der Waals surface area contributed by atoms with Crippen molar-refractivity contribution in [2.45, 2.75) is 72.9 Å². The number of nitrogens with one attached hydrogen (secondary N) is 1. The summed E-state index contributed by atoms with van der Waals surface area (Å²) in [5, 5.41) is 3.64. The van der Waals surface area contributed by atoms with E-state index in [0.29, 0.717) is 11.5 Å². The minimum Gasteiger partial charge on any atom is -0.314 e. The zero-order chi connectivity index (χ0) is 13.8. The zero-order valence-electron chi connectivity index (χ0n) is 13.4. The fraction of sp³-hybridized carbons (Fsp3) is 1.00. The Morgan fingerprint density at radius 3 is 2.44 bits per heavy atom. The van der Waals surface area contributed by atoms with Gasteiger partial charge in [0.15, 0.2) is 0 Å². The highest BCUT2D eigenvalue weighted by atomic mass is 15.2. The Kier molecular flexibility index (Phi) is 6.13. The molecule has 0 bridgehead atoms. The molecule has 0 aromatic heterocycles. The smallest absolute Gasteiger partial charge is 0.00702 e. The van der Waals surface area contributed by atoms with Gasteiger partial charge in [0.2, 0.25) is 0 Å². The molecule has 1 N–H and O–H groups in total. The second-order valence-electron chi connectivity index (χ2n) is 7.22. The van der Waals surface area contributed by atoms with E-state index in [4.69, 9.17) is 0 Å². The van der Waals surface area contributed by atoms with Gasteiger partial charge in [0, 0.05) is 31.7 Å². The van der Waals surface area contributed by atoms with E-state index in [0.717, 1.165) is 18.5 Å².